The van der Waals surface area contributed by atoms with Crippen LogP contribution >= 0.6 is 0 Å². The van der Waals surface area contributed by atoms with E-state index in [1.165, 1.54) is 24.8 Å². The third kappa shape index (κ3) is 3.84. The van der Waals surface area contributed by atoms with Crippen molar-refractivity contribution in [3.05, 3.63) is 29.8 Å². The number of nitrogens with zero attached hydrogens (tertiary/aromatic N) is 2. The molecule has 0 atom stereocenters. The van der Waals surface area contributed by atoms with Crippen LogP contribution in [0.4, 0.5) is 10.5 Å². The van der Waals surface area contributed by atoms with E-state index in [1.807, 2.05) is 31.2 Å². The van der Waals surface area contributed by atoms with Crippen molar-refractivity contribution < 1.29 is 9.59 Å². The second-order valence-corrected chi connectivity index (χ2v) is 6.59. The zero-order chi connectivity index (χ0) is 16.2. The lowest BCUT2D eigenvalue weighted by atomic mass is 9.95. The summed E-state index contributed by atoms with van der Waals surface area (Å²) in [6.45, 7) is 3.43. The van der Waals surface area contributed by atoms with Crippen molar-refractivity contribution in [1.82, 2.24) is 10.2 Å². The van der Waals surface area contributed by atoms with Crippen molar-refractivity contribution >= 4 is 17.6 Å². The number of carbonyl (C=O) groups is 2. The molecule has 2 fully saturated rings. The van der Waals surface area contributed by atoms with Crippen LogP contribution < -0.4 is 10.2 Å². The number of benzene rings is 1. The molecule has 1 saturated carbocycles. The van der Waals surface area contributed by atoms with Crippen molar-refractivity contribution in [3.8, 4) is 0 Å². The molecule has 124 valence electrons. The first kappa shape index (κ1) is 15.8. The van der Waals surface area contributed by atoms with Gasteiger partial charge in [0.2, 0.25) is 5.91 Å². The maximum absolute atomic E-state index is 12.5. The van der Waals surface area contributed by atoms with Gasteiger partial charge in [0.25, 0.3) is 0 Å². The van der Waals surface area contributed by atoms with E-state index in [0.717, 1.165) is 18.5 Å². The Balaban J connectivity index is 1.54. The molecule has 0 unspecified atom stereocenters. The Kier molecular flexibility index (Phi) is 4.84. The van der Waals surface area contributed by atoms with E-state index in [0.29, 0.717) is 19.1 Å². The second kappa shape index (κ2) is 7.02. The van der Waals surface area contributed by atoms with Gasteiger partial charge >= 0.3 is 6.03 Å². The molecule has 0 radical (unpaired) electrons. The fraction of sp³-hybridized carbons (Fsp3) is 0.556. The standard InChI is InChI=1S/C18H25N3O2/c1-14-7-9-16(10-8-14)21-12-11-20(18(21)23)13-17(22)19-15-5-3-2-4-6-15/h7-10,15H,2-6,11-13H2,1H3,(H,19,22). The number of urea groups is 1. The average Bonchev–Trinajstić information content (AvgIpc) is 2.90. The summed E-state index contributed by atoms with van der Waals surface area (Å²) < 4.78 is 0. The van der Waals surface area contributed by atoms with Crippen LogP contribution in [0.5, 0.6) is 0 Å². The minimum atomic E-state index is -0.0763. The minimum Gasteiger partial charge on any atom is -0.352 e. The molecule has 0 bridgehead atoms. The van der Waals surface area contributed by atoms with E-state index < -0.39 is 0 Å². The number of rotatable bonds is 4. The topological polar surface area (TPSA) is 52.6 Å². The number of hydrogen-bond donors (Lipinski definition) is 1. The van der Waals surface area contributed by atoms with Gasteiger partial charge in [0, 0.05) is 24.8 Å². The molecule has 0 spiro atoms. The van der Waals surface area contributed by atoms with Crippen LogP contribution in [-0.2, 0) is 4.79 Å². The highest BCUT2D eigenvalue weighted by atomic mass is 16.2. The first-order valence-corrected chi connectivity index (χ1v) is 8.56. The van der Waals surface area contributed by atoms with Crippen molar-refractivity contribution in [1.29, 1.82) is 0 Å². The zero-order valence-electron chi connectivity index (χ0n) is 13.8. The van der Waals surface area contributed by atoms with Crippen LogP contribution in [0, 0.1) is 6.92 Å². The molecule has 1 N–H and O–H groups in total. The average molecular weight is 315 g/mol. The molecule has 0 aromatic heterocycles. The first-order chi connectivity index (χ1) is 11.1. The van der Waals surface area contributed by atoms with Crippen LogP contribution in [0.1, 0.15) is 37.7 Å². The highest BCUT2D eigenvalue weighted by Gasteiger charge is 2.31. The summed E-state index contributed by atoms with van der Waals surface area (Å²) in [5, 5.41) is 3.08. The van der Waals surface area contributed by atoms with Gasteiger partial charge in [-0.2, -0.15) is 0 Å². The van der Waals surface area contributed by atoms with Gasteiger partial charge in [0.1, 0.15) is 6.54 Å². The maximum atomic E-state index is 12.5. The molecule has 1 heterocycles. The monoisotopic (exact) mass is 315 g/mol. The van der Waals surface area contributed by atoms with E-state index in [9.17, 15) is 9.59 Å². The molecule has 1 aromatic carbocycles. The zero-order valence-corrected chi connectivity index (χ0v) is 13.8. The fourth-order valence-electron chi connectivity index (χ4n) is 3.39. The number of anilines is 1. The fourth-order valence-corrected chi connectivity index (χ4v) is 3.39. The molecule has 3 amide bonds. The number of carbonyl (C=O) groups excluding carboxylic acids is 2. The molecule has 23 heavy (non-hydrogen) atoms. The van der Waals surface area contributed by atoms with Gasteiger partial charge in [0.15, 0.2) is 0 Å². The molecular formula is C18H25N3O2. The van der Waals surface area contributed by atoms with Gasteiger partial charge in [-0.3, -0.25) is 9.69 Å². The molecule has 1 aliphatic carbocycles. The quantitative estimate of drug-likeness (QED) is 0.929. The predicted octanol–water partition coefficient (Wildman–Crippen LogP) is 2.69. The lowest BCUT2D eigenvalue weighted by Crippen LogP contribution is -2.44. The normalized spacial score (nSPS) is 19.3. The Bertz CT molecular complexity index is 564. The molecule has 5 heteroatoms. The Morgan fingerprint density at radius 2 is 1.83 bits per heavy atom. The third-order valence-electron chi connectivity index (χ3n) is 4.75. The Hall–Kier alpha value is -2.04. The van der Waals surface area contributed by atoms with Gasteiger partial charge < -0.3 is 10.2 Å². The molecule has 5 nitrogen and oxygen atoms in total. The predicted molar refractivity (Wildman–Crippen MR) is 90.5 cm³/mol. The SMILES string of the molecule is Cc1ccc(N2CCN(CC(=O)NC3CCCCC3)C2=O)cc1. The third-order valence-corrected chi connectivity index (χ3v) is 4.75. The van der Waals surface area contributed by atoms with Gasteiger partial charge in [-0.25, -0.2) is 4.79 Å². The van der Waals surface area contributed by atoms with Crippen molar-refractivity contribution in [2.45, 2.75) is 45.1 Å². The summed E-state index contributed by atoms with van der Waals surface area (Å²) in [4.78, 5) is 28.0. The second-order valence-electron chi connectivity index (χ2n) is 6.59. The molecule has 2 aliphatic rings. The molecular weight excluding hydrogens is 290 g/mol. The largest absolute Gasteiger partial charge is 0.352 e. The number of aryl methyl sites for hydroxylation is 1. The Morgan fingerprint density at radius 1 is 1.13 bits per heavy atom. The smallest absolute Gasteiger partial charge is 0.325 e. The molecule has 1 aromatic rings. The summed E-state index contributed by atoms with van der Waals surface area (Å²) in [5.41, 5.74) is 2.07. The number of amides is 3. The molecule has 1 aliphatic heterocycles. The Labute approximate surface area is 137 Å². The van der Waals surface area contributed by atoms with Gasteiger partial charge in [0.05, 0.1) is 0 Å². The van der Waals surface area contributed by atoms with E-state index in [1.54, 1.807) is 9.80 Å². The molecule has 1 saturated heterocycles. The van der Waals surface area contributed by atoms with Crippen molar-refractivity contribution in [3.63, 3.8) is 0 Å². The number of nitrogens with one attached hydrogen (secondary N) is 1. The summed E-state index contributed by atoms with van der Waals surface area (Å²) in [7, 11) is 0. The minimum absolute atomic E-state index is 0.0315. The van der Waals surface area contributed by atoms with E-state index in [4.69, 9.17) is 0 Å². The highest BCUT2D eigenvalue weighted by Crippen LogP contribution is 2.21. The summed E-state index contributed by atoms with van der Waals surface area (Å²) >= 11 is 0. The summed E-state index contributed by atoms with van der Waals surface area (Å²) in [5.74, 6) is -0.0315. The first-order valence-electron chi connectivity index (χ1n) is 8.56. The Morgan fingerprint density at radius 3 is 2.52 bits per heavy atom. The molecule has 3 rings (SSSR count). The van der Waals surface area contributed by atoms with Crippen LogP contribution in [0.3, 0.4) is 0 Å². The lowest BCUT2D eigenvalue weighted by molar-refractivity contribution is -0.122. The van der Waals surface area contributed by atoms with E-state index in [2.05, 4.69) is 5.32 Å². The number of hydrogen-bond acceptors (Lipinski definition) is 2. The van der Waals surface area contributed by atoms with Crippen LogP contribution in [-0.4, -0.2) is 42.5 Å². The van der Waals surface area contributed by atoms with Crippen LogP contribution in [0.2, 0.25) is 0 Å². The van der Waals surface area contributed by atoms with Crippen molar-refractivity contribution in [2.75, 3.05) is 24.5 Å². The maximum Gasteiger partial charge on any atom is 0.325 e. The summed E-state index contributed by atoms with van der Waals surface area (Å²) in [6.07, 6.45) is 5.77. The van der Waals surface area contributed by atoms with Crippen LogP contribution in [0.15, 0.2) is 24.3 Å². The highest BCUT2D eigenvalue weighted by molar-refractivity contribution is 5.96. The van der Waals surface area contributed by atoms with Gasteiger partial charge in [-0.1, -0.05) is 37.0 Å². The lowest BCUT2D eigenvalue weighted by Gasteiger charge is -2.24. The van der Waals surface area contributed by atoms with Crippen molar-refractivity contribution in [2.24, 2.45) is 0 Å². The van der Waals surface area contributed by atoms with Gasteiger partial charge in [-0.05, 0) is 31.9 Å². The van der Waals surface area contributed by atoms with E-state index >= 15 is 0 Å². The summed E-state index contributed by atoms with van der Waals surface area (Å²) in [6, 6.07) is 8.13. The van der Waals surface area contributed by atoms with Crippen LogP contribution in [0.25, 0.3) is 0 Å². The van der Waals surface area contributed by atoms with Gasteiger partial charge in [-0.15, -0.1) is 0 Å². The van der Waals surface area contributed by atoms with E-state index in [-0.39, 0.29) is 18.5 Å².